The fourth-order valence-corrected chi connectivity index (χ4v) is 2.24. The molecule has 1 aliphatic carbocycles. The van der Waals surface area contributed by atoms with Gasteiger partial charge >= 0.3 is 6.18 Å². The molecular formula is C11H21F3N2. The zero-order valence-corrected chi connectivity index (χ0v) is 9.98. The quantitative estimate of drug-likeness (QED) is 0.791. The van der Waals surface area contributed by atoms with Gasteiger partial charge in [-0.05, 0) is 26.8 Å². The standard InChI is InChI=1S/C11H21F3N2/c1-9(7-15-8-11(12,13)14)16(2)10-5-3-4-6-10/h9-10,15H,3-8H2,1-2H3. The lowest BCUT2D eigenvalue weighted by Gasteiger charge is -2.30. The number of nitrogens with one attached hydrogen (secondary N) is 1. The Morgan fingerprint density at radius 3 is 2.38 bits per heavy atom. The first-order valence-corrected chi connectivity index (χ1v) is 5.89. The molecule has 5 heteroatoms. The summed E-state index contributed by atoms with van der Waals surface area (Å²) < 4.78 is 35.8. The summed E-state index contributed by atoms with van der Waals surface area (Å²) >= 11 is 0. The van der Waals surface area contributed by atoms with Crippen molar-refractivity contribution in [3.63, 3.8) is 0 Å². The number of alkyl halides is 3. The molecule has 2 nitrogen and oxygen atoms in total. The molecule has 0 aromatic rings. The first-order chi connectivity index (χ1) is 7.40. The lowest BCUT2D eigenvalue weighted by Crippen LogP contribution is -2.44. The van der Waals surface area contributed by atoms with Crippen LogP contribution in [0.4, 0.5) is 13.2 Å². The second-order valence-corrected chi connectivity index (χ2v) is 4.70. The van der Waals surface area contributed by atoms with Crippen molar-refractivity contribution in [1.82, 2.24) is 10.2 Å². The molecule has 0 aromatic heterocycles. The molecule has 96 valence electrons. The van der Waals surface area contributed by atoms with E-state index in [1.165, 1.54) is 25.7 Å². The lowest BCUT2D eigenvalue weighted by atomic mass is 10.1. The zero-order chi connectivity index (χ0) is 12.2. The summed E-state index contributed by atoms with van der Waals surface area (Å²) in [6.45, 7) is 1.48. The van der Waals surface area contributed by atoms with Crippen molar-refractivity contribution >= 4 is 0 Å². The van der Waals surface area contributed by atoms with Gasteiger partial charge in [-0.25, -0.2) is 0 Å². The molecule has 0 heterocycles. The summed E-state index contributed by atoms with van der Waals surface area (Å²) in [4.78, 5) is 2.20. The lowest BCUT2D eigenvalue weighted by molar-refractivity contribution is -0.125. The van der Waals surface area contributed by atoms with Gasteiger partial charge in [0.1, 0.15) is 0 Å². The van der Waals surface area contributed by atoms with Crippen LogP contribution in [-0.2, 0) is 0 Å². The summed E-state index contributed by atoms with van der Waals surface area (Å²) in [5, 5.41) is 2.46. The molecule has 1 aliphatic rings. The van der Waals surface area contributed by atoms with Gasteiger partial charge < -0.3 is 5.32 Å². The predicted octanol–water partition coefficient (Wildman–Crippen LogP) is 2.40. The fourth-order valence-electron chi connectivity index (χ4n) is 2.24. The number of halogens is 3. The molecule has 1 rings (SSSR count). The molecule has 0 bridgehead atoms. The van der Waals surface area contributed by atoms with Crippen LogP contribution in [0.5, 0.6) is 0 Å². The van der Waals surface area contributed by atoms with Crippen LogP contribution in [0.15, 0.2) is 0 Å². The number of nitrogens with zero attached hydrogens (tertiary/aromatic N) is 1. The van der Waals surface area contributed by atoms with Crippen molar-refractivity contribution in [1.29, 1.82) is 0 Å². The van der Waals surface area contributed by atoms with Crippen LogP contribution >= 0.6 is 0 Å². The minimum Gasteiger partial charge on any atom is -0.307 e. The zero-order valence-electron chi connectivity index (χ0n) is 9.98. The Kier molecular flexibility index (Phi) is 5.05. The predicted molar refractivity (Wildman–Crippen MR) is 58.4 cm³/mol. The maximum atomic E-state index is 11.9. The van der Waals surface area contributed by atoms with E-state index in [9.17, 15) is 13.2 Å². The highest BCUT2D eigenvalue weighted by Gasteiger charge is 2.27. The van der Waals surface area contributed by atoms with Crippen molar-refractivity contribution in [3.8, 4) is 0 Å². The van der Waals surface area contributed by atoms with Gasteiger partial charge in [-0.2, -0.15) is 13.2 Å². The number of likely N-dealkylation sites (N-methyl/N-ethyl adjacent to an activating group) is 1. The normalized spacial score (nSPS) is 20.6. The maximum absolute atomic E-state index is 11.9. The first-order valence-electron chi connectivity index (χ1n) is 5.89. The van der Waals surface area contributed by atoms with Gasteiger partial charge in [0.15, 0.2) is 0 Å². The molecule has 0 radical (unpaired) electrons. The highest BCUT2D eigenvalue weighted by molar-refractivity contribution is 4.79. The third kappa shape index (κ3) is 4.70. The van der Waals surface area contributed by atoms with Gasteiger partial charge in [0.2, 0.25) is 0 Å². The number of hydrogen-bond acceptors (Lipinski definition) is 2. The molecular weight excluding hydrogens is 217 g/mol. The molecule has 0 aliphatic heterocycles. The molecule has 0 amide bonds. The van der Waals surface area contributed by atoms with E-state index < -0.39 is 12.7 Å². The van der Waals surface area contributed by atoms with Crippen molar-refractivity contribution in [2.45, 2.75) is 50.9 Å². The van der Waals surface area contributed by atoms with Gasteiger partial charge in [0.25, 0.3) is 0 Å². The van der Waals surface area contributed by atoms with Gasteiger partial charge in [-0.15, -0.1) is 0 Å². The van der Waals surface area contributed by atoms with E-state index in [-0.39, 0.29) is 6.04 Å². The van der Waals surface area contributed by atoms with Crippen LogP contribution in [0, 0.1) is 0 Å². The van der Waals surface area contributed by atoms with E-state index >= 15 is 0 Å². The van der Waals surface area contributed by atoms with E-state index in [0.717, 1.165) is 0 Å². The second-order valence-electron chi connectivity index (χ2n) is 4.70. The van der Waals surface area contributed by atoms with Crippen molar-refractivity contribution in [2.24, 2.45) is 0 Å². The minimum atomic E-state index is -4.11. The van der Waals surface area contributed by atoms with Crippen LogP contribution < -0.4 is 5.32 Å². The Balaban J connectivity index is 2.20. The van der Waals surface area contributed by atoms with E-state index in [4.69, 9.17) is 0 Å². The maximum Gasteiger partial charge on any atom is 0.401 e. The Hall–Kier alpha value is -0.290. The summed E-state index contributed by atoms with van der Waals surface area (Å²) in [5.41, 5.74) is 0. The van der Waals surface area contributed by atoms with Gasteiger partial charge in [-0.1, -0.05) is 12.8 Å². The Morgan fingerprint density at radius 1 is 1.31 bits per heavy atom. The molecule has 1 N–H and O–H groups in total. The summed E-state index contributed by atoms with van der Waals surface area (Å²) in [6.07, 6.45) is 0.751. The number of rotatable bonds is 5. The molecule has 1 fully saturated rings. The van der Waals surface area contributed by atoms with Crippen LogP contribution in [0.1, 0.15) is 32.6 Å². The molecule has 1 saturated carbocycles. The molecule has 0 spiro atoms. The van der Waals surface area contributed by atoms with Crippen molar-refractivity contribution in [3.05, 3.63) is 0 Å². The molecule has 1 unspecified atom stereocenters. The van der Waals surface area contributed by atoms with E-state index in [1.807, 2.05) is 14.0 Å². The van der Waals surface area contributed by atoms with E-state index in [1.54, 1.807) is 0 Å². The Labute approximate surface area is 95.2 Å². The summed E-state index contributed by atoms with van der Waals surface area (Å²) in [5.74, 6) is 0. The Morgan fingerprint density at radius 2 is 1.88 bits per heavy atom. The molecule has 0 aromatic carbocycles. The summed E-state index contributed by atoms with van der Waals surface area (Å²) in [7, 11) is 2.01. The molecule has 1 atom stereocenters. The third-order valence-electron chi connectivity index (χ3n) is 3.36. The molecule has 16 heavy (non-hydrogen) atoms. The minimum absolute atomic E-state index is 0.158. The van der Waals surface area contributed by atoms with E-state index in [0.29, 0.717) is 12.6 Å². The van der Waals surface area contributed by atoms with Crippen LogP contribution in [0.25, 0.3) is 0 Å². The topological polar surface area (TPSA) is 15.3 Å². The van der Waals surface area contributed by atoms with Gasteiger partial charge in [-0.3, -0.25) is 4.90 Å². The van der Waals surface area contributed by atoms with Crippen LogP contribution in [0.2, 0.25) is 0 Å². The highest BCUT2D eigenvalue weighted by atomic mass is 19.4. The SMILES string of the molecule is CC(CNCC(F)(F)F)N(C)C1CCCC1. The summed E-state index contributed by atoms with van der Waals surface area (Å²) in [6, 6.07) is 0.716. The molecule has 0 saturated heterocycles. The average molecular weight is 238 g/mol. The van der Waals surface area contributed by atoms with Crippen molar-refractivity contribution in [2.75, 3.05) is 20.1 Å². The van der Waals surface area contributed by atoms with Gasteiger partial charge in [0.05, 0.1) is 6.54 Å². The second kappa shape index (κ2) is 5.87. The fraction of sp³-hybridized carbons (Fsp3) is 1.00. The average Bonchev–Trinajstić information content (AvgIpc) is 2.67. The number of hydrogen-bond donors (Lipinski definition) is 1. The Bertz CT molecular complexity index is 200. The van der Waals surface area contributed by atoms with E-state index in [2.05, 4.69) is 10.2 Å². The van der Waals surface area contributed by atoms with Crippen LogP contribution in [-0.4, -0.2) is 43.3 Å². The first kappa shape index (κ1) is 13.8. The smallest absolute Gasteiger partial charge is 0.307 e. The largest absolute Gasteiger partial charge is 0.401 e. The third-order valence-corrected chi connectivity index (χ3v) is 3.36. The van der Waals surface area contributed by atoms with Gasteiger partial charge in [0, 0.05) is 18.6 Å². The monoisotopic (exact) mass is 238 g/mol. The van der Waals surface area contributed by atoms with Crippen molar-refractivity contribution < 1.29 is 13.2 Å². The van der Waals surface area contributed by atoms with Crippen LogP contribution in [0.3, 0.4) is 0 Å². The highest BCUT2D eigenvalue weighted by Crippen LogP contribution is 2.23.